The zero-order valence-corrected chi connectivity index (χ0v) is 22.1. The van der Waals surface area contributed by atoms with Gasteiger partial charge in [0.05, 0.1) is 41.6 Å². The number of ether oxygens (including phenoxy) is 1. The van der Waals surface area contributed by atoms with Crippen LogP contribution in [0.15, 0.2) is 30.3 Å². The van der Waals surface area contributed by atoms with E-state index in [2.05, 4.69) is 26.4 Å². The van der Waals surface area contributed by atoms with Crippen LogP contribution in [-0.4, -0.2) is 72.3 Å². The first-order valence-electron chi connectivity index (χ1n) is 12.6. The minimum Gasteiger partial charge on any atom is -0.493 e. The fourth-order valence-electron chi connectivity index (χ4n) is 5.43. The molecule has 0 bridgehead atoms. The maximum absolute atomic E-state index is 14.0. The number of piperidine rings is 1. The van der Waals surface area contributed by atoms with E-state index in [1.165, 1.54) is 29.2 Å². The second-order valence-electron chi connectivity index (χ2n) is 9.79. The summed E-state index contributed by atoms with van der Waals surface area (Å²) < 4.78 is 47.3. The van der Waals surface area contributed by atoms with E-state index < -0.39 is 47.6 Å². The average Bonchev–Trinajstić information content (AvgIpc) is 3.52. The van der Waals surface area contributed by atoms with Gasteiger partial charge < -0.3 is 20.3 Å². The van der Waals surface area contributed by atoms with Gasteiger partial charge in [-0.25, -0.2) is 10.4 Å². The van der Waals surface area contributed by atoms with Crippen molar-refractivity contribution in [1.82, 2.24) is 25.6 Å². The van der Waals surface area contributed by atoms with E-state index in [0.717, 1.165) is 12.8 Å². The molecule has 0 radical (unpaired) electrons. The van der Waals surface area contributed by atoms with Crippen LogP contribution in [0.2, 0.25) is 5.02 Å². The van der Waals surface area contributed by atoms with Crippen molar-refractivity contribution in [1.29, 1.82) is 0 Å². The summed E-state index contributed by atoms with van der Waals surface area (Å²) in [7, 11) is 3.09. The van der Waals surface area contributed by atoms with E-state index in [1.54, 1.807) is 25.2 Å². The van der Waals surface area contributed by atoms with Gasteiger partial charge in [-0.15, -0.1) is 0 Å². The quantitative estimate of drug-likeness (QED) is 0.421. The molecular formula is C25H29ClF3N7O3. The van der Waals surface area contributed by atoms with Gasteiger partial charge in [0.25, 0.3) is 5.91 Å². The van der Waals surface area contributed by atoms with Crippen molar-refractivity contribution < 1.29 is 27.5 Å². The molecule has 3 aliphatic rings. The Morgan fingerprint density at radius 2 is 1.92 bits per heavy atom. The van der Waals surface area contributed by atoms with Crippen molar-refractivity contribution in [2.24, 2.45) is 5.92 Å². The summed E-state index contributed by atoms with van der Waals surface area (Å²) >= 11 is 6.27. The standard InChI is InChI=1S/C25H29ClF3N7O3/c1-35-24(38)19-16(30-15-7-5-6-14(26)20(15)39-2)12-18(33-22(19)34-35)31-17-9-8-13(21(32-17)25(27,28)29)23(37)36-10-3-4-11-36/h5-9,16,18-19,22,30,33-34H,3-4,10-12H2,1-2H3,(H,31,32). The molecule has 4 atom stereocenters. The van der Waals surface area contributed by atoms with E-state index in [9.17, 15) is 22.8 Å². The molecule has 0 spiro atoms. The summed E-state index contributed by atoms with van der Waals surface area (Å²) in [5, 5.41) is 11.4. The summed E-state index contributed by atoms with van der Waals surface area (Å²) in [6.45, 7) is 0.854. The van der Waals surface area contributed by atoms with Crippen LogP contribution in [0.3, 0.4) is 0 Å². The van der Waals surface area contributed by atoms with Gasteiger partial charge in [0.1, 0.15) is 5.82 Å². The Hall–Kier alpha value is -3.29. The van der Waals surface area contributed by atoms with Crippen LogP contribution in [0, 0.1) is 5.92 Å². The summed E-state index contributed by atoms with van der Waals surface area (Å²) in [5.41, 5.74) is 1.94. The molecule has 3 aliphatic heterocycles. The molecule has 210 valence electrons. The van der Waals surface area contributed by atoms with Gasteiger partial charge in [-0.2, -0.15) is 13.2 Å². The van der Waals surface area contributed by atoms with Gasteiger partial charge in [-0.1, -0.05) is 17.7 Å². The van der Waals surface area contributed by atoms with E-state index in [4.69, 9.17) is 16.3 Å². The Bertz CT molecular complexity index is 1260. The van der Waals surface area contributed by atoms with E-state index >= 15 is 0 Å². The summed E-state index contributed by atoms with van der Waals surface area (Å²) in [4.78, 5) is 30.9. The number of hydrogen-bond acceptors (Lipinski definition) is 8. The van der Waals surface area contributed by atoms with Crippen LogP contribution >= 0.6 is 11.6 Å². The molecule has 5 rings (SSSR count). The third-order valence-electron chi connectivity index (χ3n) is 7.23. The number of likely N-dealkylation sites (tertiary alicyclic amines) is 1. The monoisotopic (exact) mass is 567 g/mol. The molecule has 1 aromatic carbocycles. The number of carbonyl (C=O) groups is 2. The number of carbonyl (C=O) groups excluding carboxylic acids is 2. The van der Waals surface area contributed by atoms with Crippen molar-refractivity contribution >= 4 is 34.9 Å². The lowest BCUT2D eigenvalue weighted by atomic mass is 9.88. The first kappa shape index (κ1) is 27.3. The molecule has 3 fully saturated rings. The highest BCUT2D eigenvalue weighted by molar-refractivity contribution is 6.32. The SMILES string of the molecule is COc1c(Cl)cccc1NC1CC(Nc2ccc(C(=O)N3CCCC3)c(C(F)(F)F)n2)NC2NN(C)C(=O)C12. The van der Waals surface area contributed by atoms with E-state index in [0.29, 0.717) is 36.0 Å². The fraction of sp³-hybridized carbons (Fsp3) is 0.480. The normalized spacial score (nSPS) is 25.0. The van der Waals surface area contributed by atoms with Crippen LogP contribution in [0.25, 0.3) is 0 Å². The molecule has 14 heteroatoms. The van der Waals surface area contributed by atoms with Crippen molar-refractivity contribution in [3.63, 3.8) is 0 Å². The largest absolute Gasteiger partial charge is 0.493 e. The molecule has 10 nitrogen and oxygen atoms in total. The number of halogens is 4. The van der Waals surface area contributed by atoms with E-state index in [-0.39, 0.29) is 11.7 Å². The van der Waals surface area contributed by atoms with Gasteiger partial charge in [-0.05, 0) is 37.1 Å². The molecule has 2 amide bonds. The van der Waals surface area contributed by atoms with Crippen molar-refractivity contribution in [2.45, 2.75) is 43.8 Å². The number of rotatable bonds is 6. The number of hydrogen-bond donors (Lipinski definition) is 4. The highest BCUT2D eigenvalue weighted by Gasteiger charge is 2.48. The molecular weight excluding hydrogens is 539 g/mol. The van der Waals surface area contributed by atoms with Gasteiger partial charge in [0, 0.05) is 32.6 Å². The number of pyridine rings is 1. The van der Waals surface area contributed by atoms with Crippen LogP contribution in [0.1, 0.15) is 35.3 Å². The third-order valence-corrected chi connectivity index (χ3v) is 7.53. The second-order valence-corrected chi connectivity index (χ2v) is 10.2. The number of anilines is 2. The number of amides is 2. The number of para-hydroxylation sites is 1. The summed E-state index contributed by atoms with van der Waals surface area (Å²) in [6.07, 6.45) is -4.07. The number of aromatic nitrogens is 1. The molecule has 39 heavy (non-hydrogen) atoms. The Labute approximate surface area is 228 Å². The summed E-state index contributed by atoms with van der Waals surface area (Å²) in [5.74, 6) is -0.968. The minimum absolute atomic E-state index is 0.0481. The zero-order valence-electron chi connectivity index (χ0n) is 21.3. The predicted molar refractivity (Wildman–Crippen MR) is 138 cm³/mol. The molecule has 2 aromatic rings. The number of methoxy groups -OCH3 is 1. The topological polar surface area (TPSA) is 111 Å². The molecule has 0 saturated carbocycles. The lowest BCUT2D eigenvalue weighted by Gasteiger charge is -2.39. The van der Waals surface area contributed by atoms with Gasteiger partial charge in [0.2, 0.25) is 5.91 Å². The van der Waals surface area contributed by atoms with Crippen LogP contribution < -0.4 is 26.1 Å². The predicted octanol–water partition coefficient (Wildman–Crippen LogP) is 3.13. The second kappa shape index (κ2) is 10.7. The highest BCUT2D eigenvalue weighted by Crippen LogP contribution is 2.37. The minimum atomic E-state index is -4.82. The Kier molecular flexibility index (Phi) is 7.49. The zero-order chi connectivity index (χ0) is 27.9. The van der Waals surface area contributed by atoms with Crippen molar-refractivity contribution in [2.75, 3.05) is 37.9 Å². The lowest BCUT2D eigenvalue weighted by Crippen LogP contribution is -2.61. The van der Waals surface area contributed by atoms with Gasteiger partial charge in [0.15, 0.2) is 11.4 Å². The van der Waals surface area contributed by atoms with E-state index in [1.807, 2.05) is 0 Å². The Morgan fingerprint density at radius 1 is 1.18 bits per heavy atom. The third kappa shape index (κ3) is 5.43. The molecule has 3 saturated heterocycles. The molecule has 1 aromatic heterocycles. The molecule has 4 unspecified atom stereocenters. The highest BCUT2D eigenvalue weighted by atomic mass is 35.5. The number of hydrazine groups is 1. The number of nitrogens with zero attached hydrogens (tertiary/aromatic N) is 3. The first-order chi connectivity index (χ1) is 18.6. The van der Waals surface area contributed by atoms with Gasteiger partial charge >= 0.3 is 6.18 Å². The fourth-order valence-corrected chi connectivity index (χ4v) is 5.68. The van der Waals surface area contributed by atoms with Crippen molar-refractivity contribution in [3.05, 3.63) is 46.6 Å². The number of nitrogens with one attached hydrogen (secondary N) is 4. The molecule has 0 aliphatic carbocycles. The van der Waals surface area contributed by atoms with Crippen LogP contribution in [-0.2, 0) is 11.0 Å². The maximum Gasteiger partial charge on any atom is 0.434 e. The lowest BCUT2D eigenvalue weighted by molar-refractivity contribution is -0.141. The Morgan fingerprint density at radius 3 is 2.62 bits per heavy atom. The number of benzene rings is 1. The van der Waals surface area contributed by atoms with Crippen molar-refractivity contribution in [3.8, 4) is 5.75 Å². The number of fused-ring (bicyclic) bond motifs is 1. The Balaban J connectivity index is 1.40. The first-order valence-corrected chi connectivity index (χ1v) is 13.0. The van der Waals surface area contributed by atoms with Crippen LogP contribution in [0.5, 0.6) is 5.75 Å². The maximum atomic E-state index is 14.0. The summed E-state index contributed by atoms with van der Waals surface area (Å²) in [6, 6.07) is 7.29. The molecule has 4 N–H and O–H groups in total. The van der Waals surface area contributed by atoms with Gasteiger partial charge in [-0.3, -0.25) is 19.9 Å². The van der Waals surface area contributed by atoms with Crippen LogP contribution in [0.4, 0.5) is 24.7 Å². The number of alkyl halides is 3. The average molecular weight is 568 g/mol. The molecule has 4 heterocycles. The smallest absolute Gasteiger partial charge is 0.434 e.